The van der Waals surface area contributed by atoms with E-state index in [1.807, 2.05) is 13.8 Å². The number of hydrogen-bond acceptors (Lipinski definition) is 13. The fourth-order valence-electron chi connectivity index (χ4n) is 13.2. The number of aliphatic hydroxyl groups is 9. The summed E-state index contributed by atoms with van der Waals surface area (Å²) in [6.45, 7) is 12.7. The average molecular weight is 788 g/mol. The van der Waals surface area contributed by atoms with Crippen LogP contribution in [0, 0.1) is 45.3 Å². The summed E-state index contributed by atoms with van der Waals surface area (Å²) in [6, 6.07) is 0. The number of ether oxygens (including phenoxy) is 4. The quantitative estimate of drug-likeness (QED) is 0.121. The van der Waals surface area contributed by atoms with Gasteiger partial charge in [-0.1, -0.05) is 46.3 Å². The van der Waals surface area contributed by atoms with Crippen molar-refractivity contribution in [3.8, 4) is 0 Å². The van der Waals surface area contributed by atoms with E-state index in [-0.39, 0.29) is 29.2 Å². The molecule has 0 amide bonds. The molecule has 13 heteroatoms. The Kier molecular flexibility index (Phi) is 11.1. The summed E-state index contributed by atoms with van der Waals surface area (Å²) in [6.07, 6.45) is -11.1. The molecular weight excluding hydrogens is 712 g/mol. The van der Waals surface area contributed by atoms with E-state index in [9.17, 15) is 46.0 Å². The molecule has 2 heterocycles. The maximum atomic E-state index is 12.3. The third-order valence-electron chi connectivity index (χ3n) is 16.4. The van der Waals surface area contributed by atoms with Gasteiger partial charge in [0.25, 0.3) is 0 Å². The molecule has 0 aromatic rings. The summed E-state index contributed by atoms with van der Waals surface area (Å²) in [5.41, 5.74) is -3.14. The van der Waals surface area contributed by atoms with Crippen LogP contribution < -0.4 is 0 Å². The van der Waals surface area contributed by atoms with Crippen LogP contribution in [0.2, 0.25) is 0 Å². The predicted octanol–water partition coefficient (Wildman–Crippen LogP) is 2.15. The second-order valence-electron chi connectivity index (χ2n) is 19.9. The minimum atomic E-state index is -2.21. The highest BCUT2D eigenvalue weighted by molar-refractivity contribution is 5.22. The first-order valence-electron chi connectivity index (χ1n) is 22.1. The highest BCUT2D eigenvalue weighted by Crippen LogP contribution is 2.76. The van der Waals surface area contributed by atoms with Crippen LogP contribution in [0.1, 0.15) is 118 Å². The Morgan fingerprint density at radius 1 is 0.873 bits per heavy atom. The Morgan fingerprint density at radius 3 is 2.22 bits per heavy atom. The summed E-state index contributed by atoms with van der Waals surface area (Å²) in [5, 5.41) is 101. The number of rotatable bonds is 9. The van der Waals surface area contributed by atoms with Crippen molar-refractivity contribution in [2.75, 3.05) is 6.61 Å². The lowest BCUT2D eigenvalue weighted by Gasteiger charge is -2.72. The number of hydrogen-bond donors (Lipinski definition) is 9. The van der Waals surface area contributed by atoms with Crippen LogP contribution in [-0.2, 0) is 18.9 Å². The van der Waals surface area contributed by atoms with Crippen LogP contribution in [-0.4, -0.2) is 138 Å². The van der Waals surface area contributed by atoms with Crippen LogP contribution in [0.5, 0.6) is 0 Å². The zero-order valence-electron chi connectivity index (χ0n) is 36.9. The van der Waals surface area contributed by atoms with Gasteiger partial charge in [-0.15, -0.1) is 0 Å². The Labute approximate surface area is 331 Å². The van der Waals surface area contributed by atoms with E-state index in [1.165, 1.54) is 6.92 Å². The molecule has 55 heavy (non-hydrogen) atoms. The van der Waals surface area contributed by atoms with E-state index in [0.717, 1.165) is 0 Å². The van der Waals surface area contributed by atoms with Crippen molar-refractivity contribution < 1.29 is 69.0 Å². The van der Waals surface area contributed by atoms with Gasteiger partial charge in [-0.3, -0.25) is 0 Å². The molecule has 2 saturated heterocycles. The highest BCUT2D eigenvalue weighted by Gasteiger charge is 2.73. The fraction of sp³-hybridized carbons (Fsp3) is 0.952. The maximum absolute atomic E-state index is 12.3. The summed E-state index contributed by atoms with van der Waals surface area (Å²) in [7, 11) is 0. The molecule has 0 bridgehead atoms. The minimum absolute atomic E-state index is 0.0291. The third-order valence-corrected chi connectivity index (χ3v) is 16.4. The molecule has 13 nitrogen and oxygen atoms in total. The first kappa shape index (κ1) is 39.7. The second kappa shape index (κ2) is 15.4. The molecule has 318 valence electrons. The van der Waals surface area contributed by atoms with Gasteiger partial charge < -0.3 is 64.9 Å². The smallest absolute Gasteiger partial charge is 0.187 e. The van der Waals surface area contributed by atoms with E-state index in [1.54, 1.807) is 19.9 Å². The van der Waals surface area contributed by atoms with Crippen LogP contribution in [0.25, 0.3) is 0 Å². The number of allylic oxidation sites excluding steroid dienone is 2. The van der Waals surface area contributed by atoms with Gasteiger partial charge in [0.1, 0.15) is 42.7 Å². The molecule has 0 aromatic heterocycles. The zero-order chi connectivity index (χ0) is 43.3. The minimum Gasteiger partial charge on any atom is -0.394 e. The lowest BCUT2D eigenvalue weighted by Crippen LogP contribution is -2.71. The molecule has 4 aliphatic carbocycles. The topological polar surface area (TPSA) is 219 Å². The SMILES string of the molecule is [2H]C([2H])([2H])/C(C)=C/CCC(C)(O)[C@H]1CC[C@]2(C)[C@@H]1[C@H](O)C[C@@H]1[C@@]3(C)CC[C@H](O)C(C)(C)[C@@H]3C(O[C@@H]3OC(CO)[C@@H](O)C(O)[C@H]3O[C@@H]3O[C@@H](C)[C@@H](O)C(O)C3O)C[C@]12C. The molecule has 6 unspecified atom stereocenters. The van der Waals surface area contributed by atoms with E-state index in [0.29, 0.717) is 51.4 Å². The summed E-state index contributed by atoms with van der Waals surface area (Å²) < 4.78 is 48.3. The van der Waals surface area contributed by atoms with E-state index < -0.39 is 120 Å². The fourth-order valence-corrected chi connectivity index (χ4v) is 13.2. The Balaban J connectivity index is 1.36. The molecule has 4 saturated carbocycles. The Bertz CT molecular complexity index is 1500. The van der Waals surface area contributed by atoms with Gasteiger partial charge in [-0.2, -0.15) is 0 Å². The zero-order valence-corrected chi connectivity index (χ0v) is 33.9. The molecule has 0 aromatic carbocycles. The van der Waals surface area contributed by atoms with Gasteiger partial charge in [0, 0.05) is 4.11 Å². The molecule has 9 N–H and O–H groups in total. The largest absolute Gasteiger partial charge is 0.394 e. The van der Waals surface area contributed by atoms with Crippen molar-refractivity contribution in [2.45, 2.75) is 199 Å². The monoisotopic (exact) mass is 788 g/mol. The molecule has 21 atom stereocenters. The van der Waals surface area contributed by atoms with Crippen molar-refractivity contribution in [2.24, 2.45) is 45.3 Å². The molecule has 0 radical (unpaired) electrons. The molecular formula is C42H72O13. The second-order valence-corrected chi connectivity index (χ2v) is 19.9. The Morgan fingerprint density at radius 2 is 1.56 bits per heavy atom. The van der Waals surface area contributed by atoms with Crippen molar-refractivity contribution in [1.82, 2.24) is 0 Å². The van der Waals surface area contributed by atoms with Gasteiger partial charge in [-0.25, -0.2) is 0 Å². The van der Waals surface area contributed by atoms with Crippen LogP contribution in [0.3, 0.4) is 0 Å². The summed E-state index contributed by atoms with van der Waals surface area (Å²) >= 11 is 0. The maximum Gasteiger partial charge on any atom is 0.187 e. The van der Waals surface area contributed by atoms with Crippen LogP contribution in [0.4, 0.5) is 0 Å². The first-order chi connectivity index (χ1) is 26.7. The average Bonchev–Trinajstić information content (AvgIpc) is 3.52. The van der Waals surface area contributed by atoms with E-state index in [2.05, 4.69) is 20.8 Å². The van der Waals surface area contributed by atoms with Gasteiger partial charge in [0.05, 0.1) is 36.6 Å². The highest BCUT2D eigenvalue weighted by atomic mass is 16.8. The van der Waals surface area contributed by atoms with Gasteiger partial charge in [-0.05, 0) is 124 Å². The lowest BCUT2D eigenvalue weighted by molar-refractivity contribution is -0.382. The Hall–Kier alpha value is -0.780. The van der Waals surface area contributed by atoms with Crippen molar-refractivity contribution in [3.05, 3.63) is 11.6 Å². The van der Waals surface area contributed by atoms with Crippen molar-refractivity contribution in [1.29, 1.82) is 0 Å². The van der Waals surface area contributed by atoms with Gasteiger partial charge in [0.15, 0.2) is 12.6 Å². The van der Waals surface area contributed by atoms with Gasteiger partial charge >= 0.3 is 0 Å². The number of fused-ring (bicyclic) bond motifs is 5. The molecule has 6 rings (SSSR count). The van der Waals surface area contributed by atoms with E-state index >= 15 is 0 Å². The summed E-state index contributed by atoms with van der Waals surface area (Å²) in [5.74, 6) is -0.928. The molecule has 6 fully saturated rings. The molecule has 0 spiro atoms. The summed E-state index contributed by atoms with van der Waals surface area (Å²) in [4.78, 5) is 0. The third kappa shape index (κ3) is 7.10. The molecule has 2 aliphatic heterocycles. The predicted molar refractivity (Wildman–Crippen MR) is 201 cm³/mol. The van der Waals surface area contributed by atoms with Crippen molar-refractivity contribution in [3.63, 3.8) is 0 Å². The normalized spacial score (nSPS) is 54.9. The van der Waals surface area contributed by atoms with Gasteiger partial charge in [0.2, 0.25) is 0 Å². The van der Waals surface area contributed by atoms with Crippen LogP contribution >= 0.6 is 0 Å². The number of aliphatic hydroxyl groups excluding tert-OH is 8. The van der Waals surface area contributed by atoms with Crippen molar-refractivity contribution >= 4 is 0 Å². The first-order valence-corrected chi connectivity index (χ1v) is 20.6. The van der Waals surface area contributed by atoms with E-state index in [4.69, 9.17) is 23.1 Å². The molecule has 6 aliphatic rings. The standard InChI is InChI=1S/C42H72O13/c1-20(2)11-10-14-42(9,51)22-12-16-40(7)28(22)23(44)17-26-39(6)15-13-27(45)38(4,5)35(39)24(18-41(26,40)8)53-37-34(32(49)30(47)25(19-43)54-37)55-36-33(50)31(48)29(46)21(3)52-36/h11,21-37,43-51H,10,12-19H2,1-9H3/t21-,22-,23+,24?,25?,26+,27-,28-,29+,30+,31?,32?,33?,34+,35-,36-,37+,39+,40+,41+,42?/m0/s1/i1D3/b20-11-. The lowest BCUT2D eigenvalue weighted by atomic mass is 9.34. The van der Waals surface area contributed by atoms with Crippen LogP contribution in [0.15, 0.2) is 11.6 Å².